The van der Waals surface area contributed by atoms with Crippen LogP contribution in [0.3, 0.4) is 0 Å². The van der Waals surface area contributed by atoms with Crippen molar-refractivity contribution in [1.82, 2.24) is 4.90 Å². The van der Waals surface area contributed by atoms with Gasteiger partial charge in [-0.25, -0.2) is 4.79 Å². The van der Waals surface area contributed by atoms with E-state index in [2.05, 4.69) is 0 Å². The van der Waals surface area contributed by atoms with Gasteiger partial charge in [-0.1, -0.05) is 0 Å². The molecule has 0 aromatic heterocycles. The number of likely N-dealkylation sites (tertiary alicyclic amines) is 1. The number of rotatable bonds is 1. The summed E-state index contributed by atoms with van der Waals surface area (Å²) >= 11 is 0. The summed E-state index contributed by atoms with van der Waals surface area (Å²) in [5.74, 6) is 0. The van der Waals surface area contributed by atoms with Gasteiger partial charge in [0.2, 0.25) is 0 Å². The zero-order chi connectivity index (χ0) is 14.3. The Morgan fingerprint density at radius 3 is 2.63 bits per heavy atom. The van der Waals surface area contributed by atoms with Crippen LogP contribution >= 0.6 is 0 Å². The smallest absolute Gasteiger partial charge is 0.410 e. The summed E-state index contributed by atoms with van der Waals surface area (Å²) in [6, 6.07) is 0. The molecule has 3 N–H and O–H groups in total. The lowest BCUT2D eigenvalue weighted by Gasteiger charge is -2.38. The van der Waals surface area contributed by atoms with Crippen molar-refractivity contribution < 1.29 is 19.4 Å². The number of nitrogens with two attached hydrogens (primary N) is 1. The van der Waals surface area contributed by atoms with Crippen molar-refractivity contribution in [2.45, 2.75) is 50.4 Å². The van der Waals surface area contributed by atoms with Gasteiger partial charge < -0.3 is 25.2 Å². The Morgan fingerprint density at radius 2 is 2.11 bits per heavy atom. The molecule has 2 unspecified atom stereocenters. The molecule has 19 heavy (non-hydrogen) atoms. The molecule has 2 aliphatic heterocycles. The van der Waals surface area contributed by atoms with Crippen molar-refractivity contribution in [2.75, 3.05) is 26.3 Å². The molecule has 1 amide bonds. The van der Waals surface area contributed by atoms with Crippen LogP contribution in [0.15, 0.2) is 0 Å². The third-order valence-corrected chi connectivity index (χ3v) is 3.88. The topological polar surface area (TPSA) is 85.0 Å². The van der Waals surface area contributed by atoms with Crippen molar-refractivity contribution >= 4 is 6.09 Å². The first kappa shape index (κ1) is 14.6. The summed E-state index contributed by atoms with van der Waals surface area (Å²) in [6.45, 7) is 7.06. The van der Waals surface area contributed by atoms with Gasteiger partial charge in [-0.2, -0.15) is 0 Å². The minimum absolute atomic E-state index is 0.242. The lowest BCUT2D eigenvalue weighted by atomic mass is 9.79. The predicted octanol–water partition coefficient (Wildman–Crippen LogP) is 0.476. The number of nitrogens with zero attached hydrogens (tertiary/aromatic N) is 1. The van der Waals surface area contributed by atoms with Crippen LogP contribution in [0, 0.1) is 0 Å². The van der Waals surface area contributed by atoms with Crippen LogP contribution < -0.4 is 5.73 Å². The van der Waals surface area contributed by atoms with E-state index in [0.29, 0.717) is 32.5 Å². The molecule has 0 saturated carbocycles. The molecule has 110 valence electrons. The first-order valence-electron chi connectivity index (χ1n) is 6.72. The van der Waals surface area contributed by atoms with E-state index in [1.54, 1.807) is 4.90 Å². The molecular weight excluding hydrogens is 248 g/mol. The fourth-order valence-corrected chi connectivity index (χ4v) is 2.64. The van der Waals surface area contributed by atoms with E-state index in [4.69, 9.17) is 15.2 Å². The SMILES string of the molecule is CC(C)(C)OC(=O)N1CCC(N)(C2(O)CCOC2)C1. The molecule has 6 nitrogen and oxygen atoms in total. The molecule has 0 aromatic carbocycles. The first-order valence-corrected chi connectivity index (χ1v) is 6.72. The zero-order valence-electron chi connectivity index (χ0n) is 11.9. The Kier molecular flexibility index (Phi) is 3.53. The summed E-state index contributed by atoms with van der Waals surface area (Å²) in [7, 11) is 0. The fourth-order valence-electron chi connectivity index (χ4n) is 2.64. The number of amides is 1. The minimum atomic E-state index is -1.04. The second kappa shape index (κ2) is 4.61. The van der Waals surface area contributed by atoms with Crippen LogP contribution in [0.2, 0.25) is 0 Å². The fraction of sp³-hybridized carbons (Fsp3) is 0.923. The minimum Gasteiger partial charge on any atom is -0.444 e. The third kappa shape index (κ3) is 2.85. The van der Waals surface area contributed by atoms with E-state index in [1.165, 1.54) is 0 Å². The molecule has 0 radical (unpaired) electrons. The molecular formula is C13H24N2O4. The van der Waals surface area contributed by atoms with Crippen molar-refractivity contribution in [1.29, 1.82) is 0 Å². The molecule has 0 bridgehead atoms. The number of carbonyl (C=O) groups excluding carboxylic acids is 1. The Balaban J connectivity index is 2.01. The van der Waals surface area contributed by atoms with Gasteiger partial charge in [0.05, 0.1) is 12.1 Å². The molecule has 2 aliphatic rings. The quantitative estimate of drug-likeness (QED) is 0.725. The van der Waals surface area contributed by atoms with Crippen LogP contribution in [0.25, 0.3) is 0 Å². The van der Waals surface area contributed by atoms with Gasteiger partial charge in [0, 0.05) is 26.1 Å². The van der Waals surface area contributed by atoms with Crippen molar-refractivity contribution in [3.8, 4) is 0 Å². The largest absolute Gasteiger partial charge is 0.444 e. The number of aliphatic hydroxyl groups is 1. The number of hydrogen-bond acceptors (Lipinski definition) is 5. The molecule has 0 spiro atoms. The second-order valence-corrected chi connectivity index (χ2v) is 6.64. The molecule has 2 rings (SSSR count). The van der Waals surface area contributed by atoms with E-state index in [9.17, 15) is 9.90 Å². The van der Waals surface area contributed by atoms with Gasteiger partial charge in [0.25, 0.3) is 0 Å². The average molecular weight is 272 g/mol. The molecule has 0 aliphatic carbocycles. The molecule has 0 aromatic rings. The maximum atomic E-state index is 12.0. The van der Waals surface area contributed by atoms with Crippen molar-refractivity contribution in [2.24, 2.45) is 5.73 Å². The predicted molar refractivity (Wildman–Crippen MR) is 69.7 cm³/mol. The maximum Gasteiger partial charge on any atom is 0.410 e. The maximum absolute atomic E-state index is 12.0. The monoisotopic (exact) mass is 272 g/mol. The number of hydrogen-bond donors (Lipinski definition) is 2. The molecule has 2 fully saturated rings. The third-order valence-electron chi connectivity index (χ3n) is 3.88. The van der Waals surface area contributed by atoms with Crippen LogP contribution in [0.5, 0.6) is 0 Å². The van der Waals surface area contributed by atoms with Crippen molar-refractivity contribution in [3.63, 3.8) is 0 Å². The molecule has 6 heteroatoms. The lowest BCUT2D eigenvalue weighted by molar-refractivity contribution is -0.0382. The van der Waals surface area contributed by atoms with Gasteiger partial charge in [-0.05, 0) is 27.2 Å². The number of ether oxygens (including phenoxy) is 2. The van der Waals surface area contributed by atoms with E-state index < -0.39 is 16.7 Å². The number of carbonyl (C=O) groups is 1. The summed E-state index contributed by atoms with van der Waals surface area (Å²) < 4.78 is 10.6. The zero-order valence-corrected chi connectivity index (χ0v) is 11.9. The standard InChI is InChI=1S/C13H24N2O4/c1-11(2,3)19-10(16)15-6-4-12(14,8-15)13(17)5-7-18-9-13/h17H,4-9,14H2,1-3H3. The second-order valence-electron chi connectivity index (χ2n) is 6.64. The highest BCUT2D eigenvalue weighted by molar-refractivity contribution is 5.68. The Bertz CT molecular complexity index is 360. The van der Waals surface area contributed by atoms with Gasteiger partial charge in [-0.15, -0.1) is 0 Å². The Labute approximate surface area is 113 Å². The highest BCUT2D eigenvalue weighted by Gasteiger charge is 2.54. The van der Waals surface area contributed by atoms with E-state index in [-0.39, 0.29) is 12.7 Å². The van der Waals surface area contributed by atoms with Gasteiger partial charge >= 0.3 is 6.09 Å². The van der Waals surface area contributed by atoms with Crippen LogP contribution in [-0.2, 0) is 9.47 Å². The summed E-state index contributed by atoms with van der Waals surface area (Å²) in [5, 5.41) is 10.6. The van der Waals surface area contributed by atoms with E-state index >= 15 is 0 Å². The first-order chi connectivity index (χ1) is 8.65. The molecule has 2 atom stereocenters. The highest BCUT2D eigenvalue weighted by atomic mass is 16.6. The lowest BCUT2D eigenvalue weighted by Crippen LogP contribution is -2.62. The van der Waals surface area contributed by atoms with Gasteiger partial charge in [0.1, 0.15) is 11.2 Å². The van der Waals surface area contributed by atoms with Gasteiger partial charge in [0.15, 0.2) is 0 Å². The normalized spacial score (nSPS) is 35.7. The van der Waals surface area contributed by atoms with Gasteiger partial charge in [-0.3, -0.25) is 0 Å². The van der Waals surface area contributed by atoms with Crippen LogP contribution in [0.1, 0.15) is 33.6 Å². The van der Waals surface area contributed by atoms with Crippen LogP contribution in [-0.4, -0.2) is 59.1 Å². The average Bonchev–Trinajstić information content (AvgIpc) is 2.84. The van der Waals surface area contributed by atoms with E-state index in [1.807, 2.05) is 20.8 Å². The van der Waals surface area contributed by atoms with Crippen LogP contribution in [0.4, 0.5) is 4.79 Å². The summed E-state index contributed by atoms with van der Waals surface area (Å²) in [6.07, 6.45) is 0.708. The highest BCUT2D eigenvalue weighted by Crippen LogP contribution is 2.36. The van der Waals surface area contributed by atoms with E-state index in [0.717, 1.165) is 0 Å². The Hall–Kier alpha value is -0.850. The Morgan fingerprint density at radius 1 is 1.42 bits per heavy atom. The summed E-state index contributed by atoms with van der Waals surface area (Å²) in [4.78, 5) is 13.6. The summed E-state index contributed by atoms with van der Waals surface area (Å²) in [5.41, 5.74) is 3.94. The molecule has 2 heterocycles. The van der Waals surface area contributed by atoms with Crippen molar-refractivity contribution in [3.05, 3.63) is 0 Å². The molecule has 2 saturated heterocycles.